The Labute approximate surface area is 114 Å². The fourth-order valence-electron chi connectivity index (χ4n) is 1.21. The van der Waals surface area contributed by atoms with Crippen molar-refractivity contribution in [1.82, 2.24) is 14.8 Å². The first-order chi connectivity index (χ1) is 7.39. The Morgan fingerprint density at radius 1 is 1.50 bits per heavy atom. The van der Waals surface area contributed by atoms with Crippen molar-refractivity contribution in [2.45, 2.75) is 5.16 Å². The van der Waals surface area contributed by atoms with Gasteiger partial charge in [0.25, 0.3) is 14.2 Å². The van der Waals surface area contributed by atoms with Gasteiger partial charge in [0, 0.05) is 28.7 Å². The lowest BCUT2D eigenvalue weighted by atomic mass is 10.3. The van der Waals surface area contributed by atoms with Gasteiger partial charge in [-0.2, -0.15) is 0 Å². The van der Waals surface area contributed by atoms with Gasteiger partial charge in [-0.15, -0.1) is 21.5 Å². The van der Waals surface area contributed by atoms with Gasteiger partial charge in [0.2, 0.25) is 0 Å². The van der Waals surface area contributed by atoms with Crippen LogP contribution in [0, 0.1) is 2.88 Å². The summed E-state index contributed by atoms with van der Waals surface area (Å²) in [6, 6.07) is 1.90. The number of halogens is 2. The molecule has 86 valence electrons. The first kappa shape index (κ1) is 12.3. The molecule has 0 amide bonds. The summed E-state index contributed by atoms with van der Waals surface area (Å²) >= 11 is 3.73. The molecule has 9 heteroatoms. The highest BCUT2D eigenvalue weighted by molar-refractivity contribution is 14.1. The molecular formula is C7H5ClIN3O2S2. The van der Waals surface area contributed by atoms with Crippen LogP contribution in [0.1, 0.15) is 0 Å². The largest absolute Gasteiger partial charge is 0.300 e. The summed E-state index contributed by atoms with van der Waals surface area (Å²) in [7, 11) is 2.93. The number of hydrogen-bond acceptors (Lipinski definition) is 5. The van der Waals surface area contributed by atoms with Crippen molar-refractivity contribution in [3.05, 3.63) is 14.3 Å². The van der Waals surface area contributed by atoms with Gasteiger partial charge in [0.05, 0.1) is 2.88 Å². The van der Waals surface area contributed by atoms with E-state index in [2.05, 4.69) is 32.8 Å². The Balaban J connectivity index is 2.58. The standard InChI is InChI=1S/C7H5ClIN3O2S2/c1-12-6(4-2-5(9)15-3-4)10-11-7(12)16(8,13)14/h2-3H,1H3. The van der Waals surface area contributed by atoms with Crippen LogP contribution in [0.4, 0.5) is 0 Å². The molecule has 0 aromatic carbocycles. The van der Waals surface area contributed by atoms with Gasteiger partial charge in [-0.25, -0.2) is 8.42 Å². The van der Waals surface area contributed by atoms with Crippen molar-refractivity contribution in [3.8, 4) is 11.4 Å². The zero-order valence-electron chi connectivity index (χ0n) is 7.89. The maximum Gasteiger partial charge on any atom is 0.296 e. The molecule has 16 heavy (non-hydrogen) atoms. The van der Waals surface area contributed by atoms with Crippen LogP contribution in [-0.2, 0) is 16.1 Å². The van der Waals surface area contributed by atoms with E-state index in [4.69, 9.17) is 10.7 Å². The molecule has 0 saturated heterocycles. The third-order valence-corrected chi connectivity index (χ3v) is 4.87. The summed E-state index contributed by atoms with van der Waals surface area (Å²) in [4.78, 5) is 0. The Morgan fingerprint density at radius 2 is 2.19 bits per heavy atom. The van der Waals surface area contributed by atoms with Crippen LogP contribution in [-0.4, -0.2) is 23.2 Å². The quantitative estimate of drug-likeness (QED) is 0.583. The summed E-state index contributed by atoms with van der Waals surface area (Å²) in [6.07, 6.45) is 0. The molecule has 0 atom stereocenters. The van der Waals surface area contributed by atoms with Crippen molar-refractivity contribution in [2.75, 3.05) is 0 Å². The van der Waals surface area contributed by atoms with Gasteiger partial charge in [0.1, 0.15) is 0 Å². The lowest BCUT2D eigenvalue weighted by molar-refractivity contribution is 0.593. The molecule has 0 radical (unpaired) electrons. The van der Waals surface area contributed by atoms with Gasteiger partial charge in [-0.1, -0.05) is 0 Å². The van der Waals surface area contributed by atoms with Gasteiger partial charge in [-0.05, 0) is 28.7 Å². The second kappa shape index (κ2) is 4.24. The third-order valence-electron chi connectivity index (χ3n) is 1.88. The second-order valence-electron chi connectivity index (χ2n) is 2.94. The minimum absolute atomic E-state index is 0.245. The maximum atomic E-state index is 11.1. The minimum atomic E-state index is -3.85. The first-order valence-electron chi connectivity index (χ1n) is 3.98. The van der Waals surface area contributed by atoms with Crippen LogP contribution in [0.5, 0.6) is 0 Å². The van der Waals surface area contributed by atoms with E-state index in [1.807, 2.05) is 11.4 Å². The molecule has 0 saturated carbocycles. The fourth-order valence-corrected chi connectivity index (χ4v) is 3.49. The molecular weight excluding hydrogens is 385 g/mol. The van der Waals surface area contributed by atoms with E-state index in [0.717, 1.165) is 8.45 Å². The second-order valence-corrected chi connectivity index (χ2v) is 8.21. The molecule has 0 unspecified atom stereocenters. The molecule has 2 heterocycles. The molecule has 0 bridgehead atoms. The maximum absolute atomic E-state index is 11.1. The van der Waals surface area contributed by atoms with Crippen molar-refractivity contribution in [1.29, 1.82) is 0 Å². The number of hydrogen-bond donors (Lipinski definition) is 0. The summed E-state index contributed by atoms with van der Waals surface area (Å²) in [5.41, 5.74) is 0.830. The van der Waals surface area contributed by atoms with E-state index in [9.17, 15) is 8.42 Å². The molecule has 0 aliphatic carbocycles. The lowest BCUT2D eigenvalue weighted by Gasteiger charge is -1.98. The Kier molecular flexibility index (Phi) is 3.25. The van der Waals surface area contributed by atoms with Crippen LogP contribution in [0.15, 0.2) is 16.6 Å². The minimum Gasteiger partial charge on any atom is -0.300 e. The molecule has 0 N–H and O–H groups in total. The first-order valence-corrected chi connectivity index (χ1v) is 8.25. The Hall–Kier alpha value is -0.190. The number of aromatic nitrogens is 3. The highest BCUT2D eigenvalue weighted by atomic mass is 127. The SMILES string of the molecule is Cn1c(-c2csc(I)c2)nnc1S(=O)(=O)Cl. The monoisotopic (exact) mass is 389 g/mol. The summed E-state index contributed by atoms with van der Waals surface area (Å²) < 4.78 is 24.7. The van der Waals surface area contributed by atoms with Gasteiger partial charge in [0.15, 0.2) is 5.82 Å². The van der Waals surface area contributed by atoms with Gasteiger partial charge >= 0.3 is 0 Å². The summed E-state index contributed by atoms with van der Waals surface area (Å²) in [5, 5.41) is 9.03. The van der Waals surface area contributed by atoms with E-state index in [-0.39, 0.29) is 5.16 Å². The fraction of sp³-hybridized carbons (Fsp3) is 0.143. The zero-order chi connectivity index (χ0) is 11.9. The summed E-state index contributed by atoms with van der Waals surface area (Å²) in [5.74, 6) is 0.485. The molecule has 2 rings (SSSR count). The smallest absolute Gasteiger partial charge is 0.296 e. The van der Waals surface area contributed by atoms with Crippen molar-refractivity contribution in [3.63, 3.8) is 0 Å². The topological polar surface area (TPSA) is 64.8 Å². The predicted molar refractivity (Wildman–Crippen MR) is 70.1 cm³/mol. The third kappa shape index (κ3) is 2.24. The molecule has 0 spiro atoms. The number of nitrogens with zero attached hydrogens (tertiary/aromatic N) is 3. The molecule has 2 aromatic heterocycles. The zero-order valence-corrected chi connectivity index (χ0v) is 12.4. The average Bonchev–Trinajstić information content (AvgIpc) is 2.70. The van der Waals surface area contributed by atoms with E-state index in [0.29, 0.717) is 5.82 Å². The van der Waals surface area contributed by atoms with E-state index < -0.39 is 9.05 Å². The molecule has 0 aliphatic heterocycles. The van der Waals surface area contributed by atoms with Crippen LogP contribution >= 0.6 is 44.6 Å². The van der Waals surface area contributed by atoms with Gasteiger partial charge in [-0.3, -0.25) is 4.57 Å². The molecule has 0 fully saturated rings. The number of rotatable bonds is 2. The van der Waals surface area contributed by atoms with Crippen molar-refractivity contribution in [2.24, 2.45) is 7.05 Å². The van der Waals surface area contributed by atoms with Crippen molar-refractivity contribution < 1.29 is 8.42 Å². The summed E-state index contributed by atoms with van der Waals surface area (Å²) in [6.45, 7) is 0. The Bertz CT molecular complexity index is 634. The van der Waals surface area contributed by atoms with Crippen LogP contribution in [0.3, 0.4) is 0 Å². The number of thiophene rings is 1. The lowest BCUT2D eigenvalue weighted by Crippen LogP contribution is -2.02. The molecule has 5 nitrogen and oxygen atoms in total. The highest BCUT2D eigenvalue weighted by Gasteiger charge is 2.21. The molecule has 2 aromatic rings. The predicted octanol–water partition coefficient (Wildman–Crippen LogP) is 2.08. The van der Waals surface area contributed by atoms with Crippen molar-refractivity contribution >= 4 is 53.7 Å². The van der Waals surface area contributed by atoms with E-state index in [1.54, 1.807) is 18.4 Å². The van der Waals surface area contributed by atoms with Crippen LogP contribution in [0.25, 0.3) is 11.4 Å². The van der Waals surface area contributed by atoms with Gasteiger partial charge < -0.3 is 0 Å². The normalized spacial score (nSPS) is 11.9. The molecule has 0 aliphatic rings. The highest BCUT2D eigenvalue weighted by Crippen LogP contribution is 2.26. The van der Waals surface area contributed by atoms with Crippen LogP contribution in [0.2, 0.25) is 0 Å². The van der Waals surface area contributed by atoms with E-state index >= 15 is 0 Å². The Morgan fingerprint density at radius 3 is 2.62 bits per heavy atom. The van der Waals surface area contributed by atoms with E-state index in [1.165, 1.54) is 4.57 Å². The van der Waals surface area contributed by atoms with Crippen LogP contribution < -0.4 is 0 Å². The average molecular weight is 390 g/mol.